The van der Waals surface area contributed by atoms with Crippen molar-refractivity contribution < 1.29 is 5.11 Å². The van der Waals surface area contributed by atoms with Gasteiger partial charge in [-0.15, -0.1) is 0 Å². The van der Waals surface area contributed by atoms with Gasteiger partial charge in [0, 0.05) is 12.2 Å². The highest BCUT2D eigenvalue weighted by molar-refractivity contribution is 5.61. The van der Waals surface area contributed by atoms with Crippen LogP contribution in [0.4, 0.5) is 5.69 Å². The lowest BCUT2D eigenvalue weighted by molar-refractivity contribution is 0.158. The Labute approximate surface area is 120 Å². The molecule has 2 heteroatoms. The highest BCUT2D eigenvalue weighted by atomic mass is 16.3. The minimum absolute atomic E-state index is 0.0164. The van der Waals surface area contributed by atoms with Gasteiger partial charge in [0.05, 0.1) is 6.04 Å². The number of aliphatic hydroxyl groups is 1. The Morgan fingerprint density at radius 2 is 1.70 bits per heavy atom. The van der Waals surface area contributed by atoms with E-state index >= 15 is 0 Å². The zero-order chi connectivity index (χ0) is 13.9. The third-order valence-corrected chi connectivity index (χ3v) is 3.90. The number of rotatable bonds is 3. The quantitative estimate of drug-likeness (QED) is 0.915. The summed E-state index contributed by atoms with van der Waals surface area (Å²) in [5.41, 5.74) is 3.26. The number of para-hydroxylation sites is 1. The molecule has 2 atom stereocenters. The fourth-order valence-electron chi connectivity index (χ4n) is 2.88. The molecule has 0 fully saturated rings. The number of likely N-dealkylation sites (N-methyl/N-ethyl adjacent to an activating group) is 1. The second-order valence-corrected chi connectivity index (χ2v) is 5.05. The fourth-order valence-corrected chi connectivity index (χ4v) is 2.88. The first-order valence-electron chi connectivity index (χ1n) is 7.08. The zero-order valence-electron chi connectivity index (χ0n) is 11.6. The number of hydrogen-bond donors (Lipinski definition) is 1. The molecule has 0 heterocycles. The van der Waals surface area contributed by atoms with Crippen molar-refractivity contribution in [2.24, 2.45) is 0 Å². The number of nitrogens with zero attached hydrogens (tertiary/aromatic N) is 1. The van der Waals surface area contributed by atoms with Gasteiger partial charge in [-0.25, -0.2) is 0 Å². The predicted molar refractivity (Wildman–Crippen MR) is 83.7 cm³/mol. The van der Waals surface area contributed by atoms with Crippen molar-refractivity contribution in [1.82, 2.24) is 0 Å². The molecule has 0 aliphatic heterocycles. The van der Waals surface area contributed by atoms with Crippen molar-refractivity contribution in [1.29, 1.82) is 0 Å². The fraction of sp³-hybridized carbons (Fsp3) is 0.222. The van der Waals surface area contributed by atoms with Crippen LogP contribution in [0.25, 0.3) is 6.08 Å². The molecule has 0 spiro atoms. The van der Waals surface area contributed by atoms with Crippen LogP contribution in [0.15, 0.2) is 60.7 Å². The molecule has 0 unspecified atom stereocenters. The minimum Gasteiger partial charge on any atom is -0.386 e. The van der Waals surface area contributed by atoms with Crippen molar-refractivity contribution in [2.45, 2.75) is 19.1 Å². The highest BCUT2D eigenvalue weighted by Gasteiger charge is 2.28. The average molecular weight is 265 g/mol. The molecule has 3 rings (SSSR count). The van der Waals surface area contributed by atoms with Gasteiger partial charge in [0.15, 0.2) is 0 Å². The second-order valence-electron chi connectivity index (χ2n) is 5.05. The SMILES string of the molecule is CCN(c1ccccc1)[C@@H]1C=Cc2ccccc2[C@H]1O. The Hall–Kier alpha value is -2.06. The molecular formula is C18H19NO. The topological polar surface area (TPSA) is 23.5 Å². The monoisotopic (exact) mass is 265 g/mol. The molecular weight excluding hydrogens is 246 g/mol. The summed E-state index contributed by atoms with van der Waals surface area (Å²) in [7, 11) is 0. The lowest BCUT2D eigenvalue weighted by Gasteiger charge is -2.36. The summed E-state index contributed by atoms with van der Waals surface area (Å²) in [6.07, 6.45) is 3.72. The summed E-state index contributed by atoms with van der Waals surface area (Å²) < 4.78 is 0. The average Bonchev–Trinajstić information content (AvgIpc) is 2.51. The number of hydrogen-bond acceptors (Lipinski definition) is 2. The molecule has 2 aromatic rings. The minimum atomic E-state index is -0.489. The van der Waals surface area contributed by atoms with Gasteiger partial charge >= 0.3 is 0 Å². The van der Waals surface area contributed by atoms with Gasteiger partial charge in [0.2, 0.25) is 0 Å². The van der Waals surface area contributed by atoms with Crippen LogP contribution in [0.5, 0.6) is 0 Å². The van der Waals surface area contributed by atoms with Gasteiger partial charge in [-0.3, -0.25) is 0 Å². The van der Waals surface area contributed by atoms with Gasteiger partial charge in [0.25, 0.3) is 0 Å². The molecule has 102 valence electrons. The van der Waals surface area contributed by atoms with E-state index in [1.807, 2.05) is 42.5 Å². The predicted octanol–water partition coefficient (Wildman–Crippen LogP) is 3.64. The van der Waals surface area contributed by atoms with Gasteiger partial charge in [-0.05, 0) is 30.2 Å². The Morgan fingerprint density at radius 1 is 1.00 bits per heavy atom. The van der Waals surface area contributed by atoms with Crippen LogP contribution in [0, 0.1) is 0 Å². The summed E-state index contributed by atoms with van der Waals surface area (Å²) in [5, 5.41) is 10.7. The molecule has 0 radical (unpaired) electrons. The first-order chi connectivity index (χ1) is 9.81. The van der Waals surface area contributed by atoms with E-state index in [-0.39, 0.29) is 6.04 Å². The van der Waals surface area contributed by atoms with Crippen molar-refractivity contribution in [3.63, 3.8) is 0 Å². The van der Waals surface area contributed by atoms with Gasteiger partial charge in [-0.1, -0.05) is 54.6 Å². The standard InChI is InChI=1S/C18H19NO/c1-2-19(15-9-4-3-5-10-15)17-13-12-14-8-6-7-11-16(14)18(17)20/h3-13,17-18,20H,2H2,1H3/t17-,18-/m1/s1. The van der Waals surface area contributed by atoms with Crippen LogP contribution in [0.1, 0.15) is 24.2 Å². The van der Waals surface area contributed by atoms with Crippen molar-refractivity contribution >= 4 is 11.8 Å². The normalized spacial score (nSPS) is 20.5. The van der Waals surface area contributed by atoms with E-state index in [4.69, 9.17) is 0 Å². The van der Waals surface area contributed by atoms with Gasteiger partial charge in [0.1, 0.15) is 6.10 Å². The molecule has 0 saturated carbocycles. The van der Waals surface area contributed by atoms with Gasteiger partial charge in [-0.2, -0.15) is 0 Å². The number of benzene rings is 2. The van der Waals surface area contributed by atoms with Crippen LogP contribution in [0.2, 0.25) is 0 Å². The van der Waals surface area contributed by atoms with Crippen molar-refractivity contribution in [2.75, 3.05) is 11.4 Å². The number of anilines is 1. The Morgan fingerprint density at radius 3 is 2.45 bits per heavy atom. The summed E-state index contributed by atoms with van der Waals surface area (Å²) in [6, 6.07) is 18.3. The molecule has 1 aliphatic carbocycles. The highest BCUT2D eigenvalue weighted by Crippen LogP contribution is 2.32. The lowest BCUT2D eigenvalue weighted by atomic mass is 9.90. The van der Waals surface area contributed by atoms with Crippen molar-refractivity contribution in [3.8, 4) is 0 Å². The van der Waals surface area contributed by atoms with Crippen LogP contribution >= 0.6 is 0 Å². The molecule has 0 aromatic heterocycles. The summed E-state index contributed by atoms with van der Waals surface area (Å²) in [5.74, 6) is 0. The number of aliphatic hydroxyl groups excluding tert-OH is 1. The van der Waals surface area contributed by atoms with E-state index < -0.39 is 6.10 Å². The van der Waals surface area contributed by atoms with E-state index in [2.05, 4.69) is 36.1 Å². The smallest absolute Gasteiger partial charge is 0.103 e. The summed E-state index contributed by atoms with van der Waals surface area (Å²) in [4.78, 5) is 2.23. The maximum Gasteiger partial charge on any atom is 0.103 e. The summed E-state index contributed by atoms with van der Waals surface area (Å²) in [6.45, 7) is 2.98. The molecule has 0 amide bonds. The first-order valence-corrected chi connectivity index (χ1v) is 7.08. The third-order valence-electron chi connectivity index (χ3n) is 3.90. The molecule has 2 nitrogen and oxygen atoms in total. The third kappa shape index (κ3) is 2.23. The number of fused-ring (bicyclic) bond motifs is 1. The van der Waals surface area contributed by atoms with Crippen LogP contribution in [0.3, 0.4) is 0 Å². The largest absolute Gasteiger partial charge is 0.386 e. The van der Waals surface area contributed by atoms with E-state index in [0.717, 1.165) is 23.4 Å². The Kier molecular flexibility index (Phi) is 3.57. The lowest BCUT2D eigenvalue weighted by Crippen LogP contribution is -2.39. The Bertz CT molecular complexity index is 606. The van der Waals surface area contributed by atoms with Crippen LogP contribution < -0.4 is 4.90 Å². The van der Waals surface area contributed by atoms with E-state index in [1.54, 1.807) is 0 Å². The van der Waals surface area contributed by atoms with E-state index in [1.165, 1.54) is 0 Å². The van der Waals surface area contributed by atoms with Gasteiger partial charge < -0.3 is 10.0 Å². The molecule has 0 bridgehead atoms. The van der Waals surface area contributed by atoms with E-state index in [9.17, 15) is 5.11 Å². The van der Waals surface area contributed by atoms with E-state index in [0.29, 0.717) is 0 Å². The molecule has 2 aromatic carbocycles. The van der Waals surface area contributed by atoms with Crippen LogP contribution in [-0.4, -0.2) is 17.7 Å². The maximum absolute atomic E-state index is 10.7. The zero-order valence-corrected chi connectivity index (χ0v) is 11.6. The second kappa shape index (κ2) is 5.51. The van der Waals surface area contributed by atoms with Crippen LogP contribution in [-0.2, 0) is 0 Å². The Balaban J connectivity index is 1.95. The summed E-state index contributed by atoms with van der Waals surface area (Å²) >= 11 is 0. The molecule has 1 N–H and O–H groups in total. The molecule has 1 aliphatic rings. The molecule has 0 saturated heterocycles. The maximum atomic E-state index is 10.7. The van der Waals surface area contributed by atoms with Crippen molar-refractivity contribution in [3.05, 3.63) is 71.8 Å². The first kappa shape index (κ1) is 12.9. The molecule has 20 heavy (non-hydrogen) atoms.